The van der Waals surface area contributed by atoms with Crippen LogP contribution in [0.25, 0.3) is 0 Å². The number of alkyl halides is 1. The molecule has 1 aromatic rings. The van der Waals surface area contributed by atoms with Crippen LogP contribution < -0.4 is 0 Å². The molecule has 0 spiro atoms. The van der Waals surface area contributed by atoms with Gasteiger partial charge in [-0.2, -0.15) is 4.31 Å². The van der Waals surface area contributed by atoms with Gasteiger partial charge in [0.25, 0.3) is 0 Å². The summed E-state index contributed by atoms with van der Waals surface area (Å²) in [4.78, 5) is 1.37. The van der Waals surface area contributed by atoms with Crippen LogP contribution in [0.2, 0.25) is 0 Å². The molecule has 1 saturated heterocycles. The second-order valence-corrected chi connectivity index (χ2v) is 7.26. The molecule has 0 aliphatic carbocycles. The van der Waals surface area contributed by atoms with Gasteiger partial charge in [-0.15, -0.1) is 11.6 Å². The summed E-state index contributed by atoms with van der Waals surface area (Å²) in [6.45, 7) is 1.87. The molecule has 0 radical (unpaired) electrons. The summed E-state index contributed by atoms with van der Waals surface area (Å²) in [6.07, 6.45) is 0.648. The van der Waals surface area contributed by atoms with E-state index in [4.69, 9.17) is 11.6 Å². The summed E-state index contributed by atoms with van der Waals surface area (Å²) in [5.74, 6) is -2.62. The normalized spacial score (nSPS) is 18.7. The summed E-state index contributed by atoms with van der Waals surface area (Å²) in [6, 6.07) is 2.02. The number of benzene rings is 1. The van der Waals surface area contributed by atoms with Crippen LogP contribution in [0.1, 0.15) is 12.0 Å². The lowest BCUT2D eigenvalue weighted by molar-refractivity contribution is 0.346. The highest BCUT2D eigenvalue weighted by molar-refractivity contribution is 7.89. The molecule has 8 heteroatoms. The number of hydrogen-bond donors (Lipinski definition) is 0. The van der Waals surface area contributed by atoms with Gasteiger partial charge in [0.15, 0.2) is 11.6 Å². The first-order chi connectivity index (χ1) is 9.86. The van der Waals surface area contributed by atoms with E-state index in [-0.39, 0.29) is 18.0 Å². The predicted molar refractivity (Wildman–Crippen MR) is 76.8 cm³/mol. The lowest BCUT2D eigenvalue weighted by atomic mass is 10.2. The minimum Gasteiger partial charge on any atom is -0.305 e. The van der Waals surface area contributed by atoms with Crippen LogP contribution in [0.4, 0.5) is 8.78 Å². The lowest BCUT2D eigenvalue weighted by Gasteiger charge is -2.21. The third kappa shape index (κ3) is 3.53. The van der Waals surface area contributed by atoms with Crippen LogP contribution in [0.5, 0.6) is 0 Å². The average molecular weight is 339 g/mol. The van der Waals surface area contributed by atoms with Crippen LogP contribution >= 0.6 is 11.6 Å². The van der Waals surface area contributed by atoms with Gasteiger partial charge in [-0.1, -0.05) is 0 Å². The van der Waals surface area contributed by atoms with E-state index >= 15 is 0 Å². The smallest absolute Gasteiger partial charge is 0.246 e. The zero-order valence-electron chi connectivity index (χ0n) is 11.7. The Hall–Kier alpha value is -0.760. The fourth-order valence-electron chi connectivity index (χ4n) is 2.28. The maximum Gasteiger partial charge on any atom is 0.246 e. The third-order valence-corrected chi connectivity index (χ3v) is 5.71. The Bertz CT molecular complexity index is 625. The largest absolute Gasteiger partial charge is 0.305 e. The van der Waals surface area contributed by atoms with E-state index in [1.54, 1.807) is 0 Å². The maximum absolute atomic E-state index is 13.9. The molecule has 4 nitrogen and oxygen atoms in total. The van der Waals surface area contributed by atoms with Crippen LogP contribution in [0.15, 0.2) is 17.0 Å². The van der Waals surface area contributed by atoms with E-state index < -0.39 is 26.6 Å². The molecular formula is C13H17ClF2N2O2S. The van der Waals surface area contributed by atoms with E-state index in [1.807, 2.05) is 11.9 Å². The van der Waals surface area contributed by atoms with Gasteiger partial charge in [0.1, 0.15) is 4.90 Å². The highest BCUT2D eigenvalue weighted by atomic mass is 35.5. The van der Waals surface area contributed by atoms with Crippen molar-refractivity contribution in [2.24, 2.45) is 0 Å². The quantitative estimate of drug-likeness (QED) is 0.792. The van der Waals surface area contributed by atoms with Crippen molar-refractivity contribution in [2.45, 2.75) is 17.2 Å². The van der Waals surface area contributed by atoms with Gasteiger partial charge in [-0.05, 0) is 37.7 Å². The van der Waals surface area contributed by atoms with Gasteiger partial charge >= 0.3 is 0 Å². The molecule has 2 rings (SSSR count). The first-order valence-corrected chi connectivity index (χ1v) is 8.56. The lowest BCUT2D eigenvalue weighted by Crippen LogP contribution is -2.35. The maximum atomic E-state index is 13.9. The molecule has 1 fully saturated rings. The van der Waals surface area contributed by atoms with Gasteiger partial charge in [0.2, 0.25) is 10.0 Å². The minimum atomic E-state index is -4.06. The number of nitrogens with zero attached hydrogens (tertiary/aromatic N) is 2. The summed E-state index contributed by atoms with van der Waals surface area (Å²) in [5, 5.41) is 0. The fourth-order valence-corrected chi connectivity index (χ4v) is 4.03. The van der Waals surface area contributed by atoms with E-state index in [0.29, 0.717) is 19.5 Å². The number of sulfonamides is 1. The Morgan fingerprint density at radius 2 is 1.90 bits per heavy atom. The van der Waals surface area contributed by atoms with Gasteiger partial charge in [0.05, 0.1) is 0 Å². The van der Waals surface area contributed by atoms with Crippen molar-refractivity contribution < 1.29 is 17.2 Å². The standard InChI is InChI=1S/C13H17ClF2N2O2S/c1-17-3-2-4-18(6-5-17)21(19,20)12-8-10(9-14)7-11(15)13(12)16/h7-8H,2-6,9H2,1H3. The Kier molecular flexibility index (Phi) is 5.19. The highest BCUT2D eigenvalue weighted by Crippen LogP contribution is 2.24. The molecular weight excluding hydrogens is 322 g/mol. The van der Waals surface area contributed by atoms with Crippen LogP contribution in [-0.2, 0) is 15.9 Å². The molecule has 0 saturated carbocycles. The first-order valence-electron chi connectivity index (χ1n) is 6.59. The summed E-state index contributed by atoms with van der Waals surface area (Å²) < 4.78 is 53.7. The van der Waals surface area contributed by atoms with E-state index in [1.165, 1.54) is 4.31 Å². The molecule has 1 aliphatic heterocycles. The summed E-state index contributed by atoms with van der Waals surface area (Å²) >= 11 is 5.60. The van der Waals surface area contributed by atoms with Crippen molar-refractivity contribution in [2.75, 3.05) is 33.2 Å². The SMILES string of the molecule is CN1CCCN(S(=O)(=O)c2cc(CCl)cc(F)c2F)CC1. The average Bonchev–Trinajstić information content (AvgIpc) is 2.66. The Labute approximate surface area is 128 Å². The van der Waals surface area contributed by atoms with Gasteiger partial charge < -0.3 is 4.90 Å². The summed E-state index contributed by atoms with van der Waals surface area (Å²) in [5.41, 5.74) is 0.237. The van der Waals surface area contributed by atoms with Crippen LogP contribution in [0.3, 0.4) is 0 Å². The predicted octanol–water partition coefficient (Wildman–Crippen LogP) is 2.03. The van der Waals surface area contributed by atoms with Crippen LogP contribution in [-0.4, -0.2) is 50.8 Å². The molecule has 0 atom stereocenters. The van der Waals surface area contributed by atoms with Crippen molar-refractivity contribution >= 4 is 21.6 Å². The zero-order chi connectivity index (χ0) is 15.6. The molecule has 1 aliphatic rings. The Morgan fingerprint density at radius 1 is 1.19 bits per heavy atom. The molecule has 0 N–H and O–H groups in total. The number of halogens is 3. The van der Waals surface area contributed by atoms with Crippen molar-refractivity contribution in [3.8, 4) is 0 Å². The minimum absolute atomic E-state index is 0.0809. The highest BCUT2D eigenvalue weighted by Gasteiger charge is 2.30. The number of rotatable bonds is 3. The number of likely N-dealkylation sites (N-methyl/N-ethyl adjacent to an activating group) is 1. The van der Waals surface area contributed by atoms with Gasteiger partial charge in [-0.25, -0.2) is 17.2 Å². The topological polar surface area (TPSA) is 40.6 Å². The molecule has 1 aromatic carbocycles. The molecule has 118 valence electrons. The second-order valence-electron chi connectivity index (χ2n) is 5.08. The Morgan fingerprint density at radius 3 is 2.57 bits per heavy atom. The van der Waals surface area contributed by atoms with Crippen molar-refractivity contribution in [3.63, 3.8) is 0 Å². The first kappa shape index (κ1) is 16.6. The summed E-state index contributed by atoms with van der Waals surface area (Å²) in [7, 11) is -2.17. The van der Waals surface area contributed by atoms with E-state index in [2.05, 4.69) is 0 Å². The third-order valence-electron chi connectivity index (χ3n) is 3.51. The van der Waals surface area contributed by atoms with Crippen LogP contribution in [0, 0.1) is 11.6 Å². The molecule has 0 aromatic heterocycles. The fraction of sp³-hybridized carbons (Fsp3) is 0.538. The van der Waals surface area contributed by atoms with Crippen molar-refractivity contribution in [3.05, 3.63) is 29.3 Å². The number of hydrogen-bond acceptors (Lipinski definition) is 3. The molecule has 0 bridgehead atoms. The molecule has 0 unspecified atom stereocenters. The van der Waals surface area contributed by atoms with Crippen molar-refractivity contribution in [1.29, 1.82) is 0 Å². The van der Waals surface area contributed by atoms with Gasteiger partial charge in [0, 0.05) is 25.5 Å². The molecule has 21 heavy (non-hydrogen) atoms. The molecule has 1 heterocycles. The van der Waals surface area contributed by atoms with Crippen molar-refractivity contribution in [1.82, 2.24) is 9.21 Å². The van der Waals surface area contributed by atoms with E-state index in [9.17, 15) is 17.2 Å². The monoisotopic (exact) mass is 338 g/mol. The van der Waals surface area contributed by atoms with Gasteiger partial charge in [-0.3, -0.25) is 0 Å². The molecule has 0 amide bonds. The van der Waals surface area contributed by atoms with E-state index in [0.717, 1.165) is 18.7 Å². The zero-order valence-corrected chi connectivity index (χ0v) is 13.2. The Balaban J connectivity index is 2.41. The second kappa shape index (κ2) is 6.56.